The quantitative estimate of drug-likeness (QED) is 0.729. The van der Waals surface area contributed by atoms with Gasteiger partial charge >= 0.3 is 6.18 Å². The Labute approximate surface area is 151 Å². The van der Waals surface area contributed by atoms with Crippen LogP contribution >= 0.6 is 0 Å². The first-order chi connectivity index (χ1) is 12.7. The summed E-state index contributed by atoms with van der Waals surface area (Å²) in [7, 11) is 3.19. The summed E-state index contributed by atoms with van der Waals surface area (Å²) in [5, 5.41) is 10.5. The molecule has 0 fully saturated rings. The monoisotopic (exact) mass is 382 g/mol. The highest BCUT2D eigenvalue weighted by Gasteiger charge is 2.35. The van der Waals surface area contributed by atoms with Crippen molar-refractivity contribution in [2.75, 3.05) is 13.7 Å². The molecule has 144 valence electrons. The molecule has 11 heteroatoms. The number of nitrogens with zero attached hydrogens (tertiary/aromatic N) is 5. The number of aromatic nitrogens is 5. The van der Waals surface area contributed by atoms with Gasteiger partial charge in [0.1, 0.15) is 11.3 Å². The van der Waals surface area contributed by atoms with Crippen LogP contribution in [0.2, 0.25) is 0 Å². The highest BCUT2D eigenvalue weighted by atomic mass is 19.4. The van der Waals surface area contributed by atoms with E-state index in [1.54, 1.807) is 24.0 Å². The second kappa shape index (κ2) is 6.99. The molecule has 0 aliphatic carbocycles. The van der Waals surface area contributed by atoms with Crippen LogP contribution in [0.3, 0.4) is 0 Å². The molecule has 3 rings (SSSR count). The van der Waals surface area contributed by atoms with Crippen LogP contribution < -0.4 is 5.32 Å². The summed E-state index contributed by atoms with van der Waals surface area (Å²) in [5.74, 6) is -0.612. The standard InChI is InChI=1S/C16H17F3N6O2/c1-9-6-13(16(17,18)19)25-14(22-9)10(7-21-25)15(26)23-11(8-27-3)12-4-5-20-24(12)2/h4-7,11H,8H2,1-3H3,(H,23,26)/t11-/m0/s1. The Balaban J connectivity index is 1.98. The van der Waals surface area contributed by atoms with Crippen molar-refractivity contribution in [1.82, 2.24) is 29.7 Å². The van der Waals surface area contributed by atoms with Crippen LogP contribution in [0.4, 0.5) is 13.2 Å². The molecule has 3 heterocycles. The first kappa shape index (κ1) is 18.8. The number of hydrogen-bond donors (Lipinski definition) is 1. The van der Waals surface area contributed by atoms with E-state index in [0.717, 1.165) is 12.3 Å². The van der Waals surface area contributed by atoms with Crippen molar-refractivity contribution in [3.8, 4) is 0 Å². The van der Waals surface area contributed by atoms with Crippen molar-refractivity contribution in [3.05, 3.63) is 47.2 Å². The Morgan fingerprint density at radius 1 is 1.37 bits per heavy atom. The van der Waals surface area contributed by atoms with Gasteiger partial charge in [0.2, 0.25) is 0 Å². The van der Waals surface area contributed by atoms with Crippen molar-refractivity contribution < 1.29 is 22.7 Å². The molecule has 3 aromatic heterocycles. The van der Waals surface area contributed by atoms with Gasteiger partial charge < -0.3 is 10.1 Å². The number of ether oxygens (including phenoxy) is 1. The van der Waals surface area contributed by atoms with Crippen LogP contribution in [0, 0.1) is 6.92 Å². The minimum atomic E-state index is -4.63. The van der Waals surface area contributed by atoms with Crippen LogP contribution in [0.5, 0.6) is 0 Å². The van der Waals surface area contributed by atoms with Gasteiger partial charge in [-0.05, 0) is 19.1 Å². The lowest BCUT2D eigenvalue weighted by molar-refractivity contribution is -0.142. The third-order valence-electron chi connectivity index (χ3n) is 3.99. The minimum Gasteiger partial charge on any atom is -0.382 e. The van der Waals surface area contributed by atoms with E-state index in [1.165, 1.54) is 14.0 Å². The Hall–Kier alpha value is -2.95. The summed E-state index contributed by atoms with van der Waals surface area (Å²) < 4.78 is 47.0. The zero-order valence-corrected chi connectivity index (χ0v) is 14.8. The number of amides is 1. The van der Waals surface area contributed by atoms with Gasteiger partial charge in [-0.2, -0.15) is 23.4 Å². The topological polar surface area (TPSA) is 86.3 Å². The average Bonchev–Trinajstić information content (AvgIpc) is 3.18. The van der Waals surface area contributed by atoms with Gasteiger partial charge in [-0.3, -0.25) is 9.48 Å². The molecule has 0 bridgehead atoms. The van der Waals surface area contributed by atoms with E-state index in [2.05, 4.69) is 20.5 Å². The number of nitrogens with one attached hydrogen (secondary N) is 1. The van der Waals surface area contributed by atoms with Crippen molar-refractivity contribution in [2.24, 2.45) is 7.05 Å². The van der Waals surface area contributed by atoms with Crippen molar-refractivity contribution in [2.45, 2.75) is 19.1 Å². The van der Waals surface area contributed by atoms with Gasteiger partial charge in [-0.25, -0.2) is 9.50 Å². The maximum Gasteiger partial charge on any atom is 0.433 e. The summed E-state index contributed by atoms with van der Waals surface area (Å²) in [6, 6.07) is 2.05. The van der Waals surface area contributed by atoms with Crippen LogP contribution in [-0.2, 0) is 18.0 Å². The Morgan fingerprint density at radius 2 is 2.11 bits per heavy atom. The summed E-state index contributed by atoms with van der Waals surface area (Å²) in [4.78, 5) is 16.8. The summed E-state index contributed by atoms with van der Waals surface area (Å²) in [6.07, 6.45) is -1.99. The highest BCUT2D eigenvalue weighted by molar-refractivity contribution is 5.99. The highest BCUT2D eigenvalue weighted by Crippen LogP contribution is 2.30. The van der Waals surface area contributed by atoms with E-state index in [-0.39, 0.29) is 23.5 Å². The van der Waals surface area contributed by atoms with Gasteiger partial charge in [0.05, 0.1) is 24.5 Å². The third-order valence-corrected chi connectivity index (χ3v) is 3.99. The van der Waals surface area contributed by atoms with E-state index in [4.69, 9.17) is 4.74 Å². The van der Waals surface area contributed by atoms with E-state index in [1.807, 2.05) is 0 Å². The molecule has 0 radical (unpaired) electrons. The summed E-state index contributed by atoms with van der Waals surface area (Å²) in [5.41, 5.74) is -0.413. The maximum atomic E-state index is 13.2. The fourth-order valence-electron chi connectivity index (χ4n) is 2.78. The lowest BCUT2D eigenvalue weighted by Crippen LogP contribution is -2.32. The van der Waals surface area contributed by atoms with Gasteiger partial charge in [-0.1, -0.05) is 0 Å². The lowest BCUT2D eigenvalue weighted by atomic mass is 10.2. The number of carbonyl (C=O) groups is 1. The van der Waals surface area contributed by atoms with Crippen LogP contribution in [-0.4, -0.2) is 44.0 Å². The molecule has 0 aromatic carbocycles. The van der Waals surface area contributed by atoms with Crippen molar-refractivity contribution >= 4 is 11.6 Å². The number of hydrogen-bond acceptors (Lipinski definition) is 5. The predicted molar refractivity (Wildman–Crippen MR) is 88.0 cm³/mol. The van der Waals surface area contributed by atoms with E-state index < -0.39 is 23.8 Å². The summed E-state index contributed by atoms with van der Waals surface area (Å²) in [6.45, 7) is 1.58. The van der Waals surface area contributed by atoms with Crippen LogP contribution in [0.25, 0.3) is 5.65 Å². The van der Waals surface area contributed by atoms with Crippen LogP contribution in [0.1, 0.15) is 33.5 Å². The molecule has 1 N–H and O–H groups in total. The fourth-order valence-corrected chi connectivity index (χ4v) is 2.78. The molecular formula is C16H17F3N6O2. The molecule has 0 saturated carbocycles. The van der Waals surface area contributed by atoms with Gasteiger partial charge in [0, 0.05) is 26.0 Å². The normalized spacial score (nSPS) is 13.1. The Morgan fingerprint density at radius 3 is 2.70 bits per heavy atom. The largest absolute Gasteiger partial charge is 0.433 e. The molecule has 0 unspecified atom stereocenters. The van der Waals surface area contributed by atoms with Gasteiger partial charge in [-0.15, -0.1) is 0 Å². The number of carbonyl (C=O) groups excluding carboxylic acids is 1. The predicted octanol–water partition coefficient (Wildman–Crippen LogP) is 1.91. The number of alkyl halides is 3. The molecule has 0 saturated heterocycles. The molecule has 0 aliphatic rings. The molecular weight excluding hydrogens is 365 g/mol. The molecule has 8 nitrogen and oxygen atoms in total. The van der Waals surface area contributed by atoms with Gasteiger partial charge in [0.15, 0.2) is 5.65 Å². The first-order valence-corrected chi connectivity index (χ1v) is 7.92. The SMILES string of the molecule is COC[C@H](NC(=O)c1cnn2c(C(F)(F)F)cc(C)nc12)c1ccnn1C. The van der Waals surface area contributed by atoms with Gasteiger partial charge in [0.25, 0.3) is 5.91 Å². The first-order valence-electron chi connectivity index (χ1n) is 7.92. The third kappa shape index (κ3) is 3.63. The van der Waals surface area contributed by atoms with E-state index in [9.17, 15) is 18.0 Å². The van der Waals surface area contributed by atoms with Crippen molar-refractivity contribution in [3.63, 3.8) is 0 Å². The number of rotatable bonds is 5. The molecule has 1 atom stereocenters. The molecule has 3 aromatic rings. The number of fused-ring (bicyclic) bond motifs is 1. The number of halogens is 3. The second-order valence-corrected chi connectivity index (χ2v) is 5.94. The lowest BCUT2D eigenvalue weighted by Gasteiger charge is -2.18. The Kier molecular flexibility index (Phi) is 4.87. The fraction of sp³-hybridized carbons (Fsp3) is 0.375. The average molecular weight is 382 g/mol. The summed E-state index contributed by atoms with van der Waals surface area (Å²) >= 11 is 0. The molecule has 27 heavy (non-hydrogen) atoms. The molecule has 1 amide bonds. The minimum absolute atomic E-state index is 0.0625. The smallest absolute Gasteiger partial charge is 0.382 e. The van der Waals surface area contributed by atoms with E-state index >= 15 is 0 Å². The second-order valence-electron chi connectivity index (χ2n) is 5.94. The Bertz CT molecular complexity index is 978. The number of aryl methyl sites for hydroxylation is 2. The zero-order chi connectivity index (χ0) is 19.8. The van der Waals surface area contributed by atoms with Crippen molar-refractivity contribution in [1.29, 1.82) is 0 Å². The van der Waals surface area contributed by atoms with Crippen LogP contribution in [0.15, 0.2) is 24.5 Å². The maximum absolute atomic E-state index is 13.2. The molecule has 0 aliphatic heterocycles. The molecule has 0 spiro atoms. The zero-order valence-electron chi connectivity index (χ0n) is 14.8. The number of methoxy groups -OCH3 is 1. The van der Waals surface area contributed by atoms with E-state index in [0.29, 0.717) is 10.2 Å².